The molecule has 5 nitrogen and oxygen atoms in total. The second-order valence-corrected chi connectivity index (χ2v) is 5.72. The van der Waals surface area contributed by atoms with Crippen molar-refractivity contribution in [3.8, 4) is 0 Å². The summed E-state index contributed by atoms with van der Waals surface area (Å²) >= 11 is 0. The molecule has 0 aromatic heterocycles. The van der Waals surface area contributed by atoms with Gasteiger partial charge in [0.2, 0.25) is 0 Å². The Labute approximate surface area is 123 Å². The molecule has 1 fully saturated rings. The number of benzene rings is 1. The quantitative estimate of drug-likeness (QED) is 0.863. The van der Waals surface area contributed by atoms with E-state index in [-0.39, 0.29) is 5.91 Å². The normalized spacial score (nSPS) is 21.7. The van der Waals surface area contributed by atoms with Crippen LogP contribution in [0.4, 0.5) is 0 Å². The fraction of sp³-hybridized carbons (Fsp3) is 0.500. The van der Waals surface area contributed by atoms with E-state index in [1.807, 2.05) is 18.2 Å². The van der Waals surface area contributed by atoms with Crippen molar-refractivity contribution in [2.75, 3.05) is 13.1 Å². The molecule has 0 bridgehead atoms. The van der Waals surface area contributed by atoms with E-state index >= 15 is 0 Å². The topological polar surface area (TPSA) is 69.6 Å². The molecule has 0 aliphatic carbocycles. The molecule has 1 amide bonds. The van der Waals surface area contributed by atoms with Crippen LogP contribution in [-0.4, -0.2) is 41.0 Å². The van der Waals surface area contributed by atoms with Gasteiger partial charge >= 0.3 is 5.97 Å². The summed E-state index contributed by atoms with van der Waals surface area (Å²) in [5.74, 6) is -1.02. The first kappa shape index (κ1) is 14.1. The molecule has 0 unspecified atom stereocenters. The minimum absolute atomic E-state index is 0.124. The lowest BCUT2D eigenvalue weighted by Gasteiger charge is -2.34. The van der Waals surface area contributed by atoms with Crippen molar-refractivity contribution in [2.45, 2.75) is 38.3 Å². The number of rotatable bonds is 2. The number of nitrogens with one attached hydrogen (secondary N) is 1. The zero-order valence-corrected chi connectivity index (χ0v) is 12.0. The summed E-state index contributed by atoms with van der Waals surface area (Å²) in [7, 11) is 0. The van der Waals surface area contributed by atoms with Gasteiger partial charge in [0, 0.05) is 18.7 Å². The van der Waals surface area contributed by atoms with Crippen LogP contribution < -0.4 is 5.32 Å². The number of fused-ring (bicyclic) bond motifs is 1. The van der Waals surface area contributed by atoms with Crippen LogP contribution in [0.3, 0.4) is 0 Å². The van der Waals surface area contributed by atoms with Crippen molar-refractivity contribution in [1.82, 2.24) is 10.2 Å². The Morgan fingerprint density at radius 1 is 1.29 bits per heavy atom. The molecule has 3 rings (SSSR count). The molecule has 5 heteroatoms. The number of nitrogens with zero attached hydrogens (tertiary/aromatic N) is 1. The maximum atomic E-state index is 12.8. The van der Waals surface area contributed by atoms with Gasteiger partial charge in [-0.05, 0) is 49.4 Å². The van der Waals surface area contributed by atoms with Gasteiger partial charge in [-0.3, -0.25) is 4.79 Å². The van der Waals surface area contributed by atoms with Crippen LogP contribution in [0.5, 0.6) is 0 Å². The number of hydrogen-bond donors (Lipinski definition) is 2. The Morgan fingerprint density at radius 3 is 2.95 bits per heavy atom. The molecule has 2 N–H and O–H groups in total. The predicted molar refractivity (Wildman–Crippen MR) is 78.2 cm³/mol. The van der Waals surface area contributed by atoms with Crippen molar-refractivity contribution < 1.29 is 14.7 Å². The summed E-state index contributed by atoms with van der Waals surface area (Å²) < 4.78 is 0. The summed E-state index contributed by atoms with van der Waals surface area (Å²) in [5, 5.41) is 12.6. The molecule has 0 spiro atoms. The highest BCUT2D eigenvalue weighted by atomic mass is 16.4. The van der Waals surface area contributed by atoms with Crippen molar-refractivity contribution >= 4 is 11.9 Å². The van der Waals surface area contributed by atoms with Crippen LogP contribution >= 0.6 is 0 Å². The molecule has 2 aliphatic rings. The van der Waals surface area contributed by atoms with Crippen LogP contribution in [0, 0.1) is 0 Å². The molecule has 2 heterocycles. The van der Waals surface area contributed by atoms with Crippen LogP contribution in [0.1, 0.15) is 40.7 Å². The molecule has 1 aromatic carbocycles. The van der Waals surface area contributed by atoms with Gasteiger partial charge in [-0.15, -0.1) is 0 Å². The van der Waals surface area contributed by atoms with Crippen LogP contribution in [0.2, 0.25) is 0 Å². The van der Waals surface area contributed by atoms with Gasteiger partial charge < -0.3 is 15.3 Å². The Hall–Kier alpha value is -1.88. The third-order valence-electron chi connectivity index (χ3n) is 4.42. The highest BCUT2D eigenvalue weighted by Gasteiger charge is 2.33. The first-order valence-electron chi connectivity index (χ1n) is 7.54. The van der Waals surface area contributed by atoms with Gasteiger partial charge in [-0.25, -0.2) is 4.79 Å². The molecule has 1 saturated heterocycles. The predicted octanol–water partition coefficient (Wildman–Crippen LogP) is 1.41. The Kier molecular flexibility index (Phi) is 3.92. The first-order valence-corrected chi connectivity index (χ1v) is 7.54. The number of aliphatic carboxylic acids is 1. The van der Waals surface area contributed by atoms with Gasteiger partial charge in [0.1, 0.15) is 6.04 Å². The van der Waals surface area contributed by atoms with E-state index in [4.69, 9.17) is 0 Å². The summed E-state index contributed by atoms with van der Waals surface area (Å²) in [6.45, 7) is 2.18. The largest absolute Gasteiger partial charge is 0.480 e. The van der Waals surface area contributed by atoms with E-state index < -0.39 is 12.0 Å². The van der Waals surface area contributed by atoms with Crippen molar-refractivity contribution in [2.24, 2.45) is 0 Å². The van der Waals surface area contributed by atoms with Crippen LogP contribution in [0.15, 0.2) is 18.2 Å². The highest BCUT2D eigenvalue weighted by molar-refractivity contribution is 5.98. The number of hydrogen-bond acceptors (Lipinski definition) is 3. The molecule has 1 aromatic rings. The zero-order chi connectivity index (χ0) is 14.8. The van der Waals surface area contributed by atoms with E-state index in [2.05, 4.69) is 5.32 Å². The van der Waals surface area contributed by atoms with E-state index in [9.17, 15) is 14.7 Å². The van der Waals surface area contributed by atoms with Crippen molar-refractivity contribution in [1.29, 1.82) is 0 Å². The molecular formula is C16H20N2O3. The van der Waals surface area contributed by atoms with Crippen molar-refractivity contribution in [3.63, 3.8) is 0 Å². The molecule has 2 aliphatic heterocycles. The molecule has 21 heavy (non-hydrogen) atoms. The third kappa shape index (κ3) is 2.65. The average Bonchev–Trinajstić information content (AvgIpc) is 2.53. The number of carbonyl (C=O) groups is 2. The Balaban J connectivity index is 1.92. The first-order chi connectivity index (χ1) is 10.2. The maximum absolute atomic E-state index is 12.8. The lowest BCUT2D eigenvalue weighted by atomic mass is 9.93. The van der Waals surface area contributed by atoms with Gasteiger partial charge in [0.15, 0.2) is 0 Å². The minimum atomic E-state index is -0.894. The molecular weight excluding hydrogens is 268 g/mol. The number of carboxylic acid groups (broad SMARTS) is 1. The van der Waals surface area contributed by atoms with E-state index in [1.165, 1.54) is 0 Å². The van der Waals surface area contributed by atoms with Gasteiger partial charge in [0.25, 0.3) is 5.91 Å². The SMILES string of the molecule is O=C(O)[C@H]1CCCCN1C(=O)c1cccc2c1CCNC2. The second kappa shape index (κ2) is 5.85. The lowest BCUT2D eigenvalue weighted by molar-refractivity contribution is -0.143. The Morgan fingerprint density at radius 2 is 2.14 bits per heavy atom. The second-order valence-electron chi connectivity index (χ2n) is 5.72. The summed E-state index contributed by atoms with van der Waals surface area (Å²) in [6, 6.07) is 5.07. The van der Waals surface area contributed by atoms with E-state index in [1.54, 1.807) is 4.90 Å². The molecule has 112 valence electrons. The average molecular weight is 288 g/mol. The Bertz CT molecular complexity index is 571. The van der Waals surface area contributed by atoms with E-state index in [0.29, 0.717) is 18.5 Å². The number of likely N-dealkylation sites (tertiary alicyclic amines) is 1. The fourth-order valence-electron chi connectivity index (χ4n) is 3.32. The molecule has 0 radical (unpaired) electrons. The zero-order valence-electron chi connectivity index (χ0n) is 12.0. The third-order valence-corrected chi connectivity index (χ3v) is 4.42. The lowest BCUT2D eigenvalue weighted by Crippen LogP contribution is -2.48. The molecule has 1 atom stereocenters. The summed E-state index contributed by atoms with van der Waals surface area (Å²) in [4.78, 5) is 25.8. The van der Waals surface area contributed by atoms with Crippen LogP contribution in [-0.2, 0) is 17.8 Å². The maximum Gasteiger partial charge on any atom is 0.326 e. The monoisotopic (exact) mass is 288 g/mol. The standard InChI is InChI=1S/C16H20N2O3/c19-15(18-9-2-1-6-14(18)16(20)21)13-5-3-4-11-10-17-8-7-12(11)13/h3-5,14,17H,1-2,6-10H2,(H,20,21)/t14-/m1/s1. The number of amides is 1. The number of carbonyl (C=O) groups excluding carboxylic acids is 1. The minimum Gasteiger partial charge on any atom is -0.480 e. The van der Waals surface area contributed by atoms with Gasteiger partial charge in [-0.1, -0.05) is 12.1 Å². The van der Waals surface area contributed by atoms with Crippen LogP contribution in [0.25, 0.3) is 0 Å². The summed E-state index contributed by atoms with van der Waals surface area (Å²) in [6.07, 6.45) is 3.13. The smallest absolute Gasteiger partial charge is 0.326 e. The van der Waals surface area contributed by atoms with E-state index in [0.717, 1.165) is 43.5 Å². The van der Waals surface area contributed by atoms with Gasteiger partial charge in [-0.2, -0.15) is 0 Å². The highest BCUT2D eigenvalue weighted by Crippen LogP contribution is 2.24. The summed E-state index contributed by atoms with van der Waals surface area (Å²) in [5.41, 5.74) is 2.91. The van der Waals surface area contributed by atoms with Crippen molar-refractivity contribution in [3.05, 3.63) is 34.9 Å². The van der Waals surface area contributed by atoms with Gasteiger partial charge in [0.05, 0.1) is 0 Å². The number of piperidine rings is 1. The number of carboxylic acids is 1. The molecule has 0 saturated carbocycles. The fourth-order valence-corrected chi connectivity index (χ4v) is 3.32.